The van der Waals surface area contributed by atoms with Gasteiger partial charge in [-0.3, -0.25) is 9.21 Å². The van der Waals surface area contributed by atoms with E-state index in [1.54, 1.807) is 12.1 Å². The largest absolute Gasteiger partial charge is 0.322 e. The first-order valence-electron chi connectivity index (χ1n) is 10.8. The Morgan fingerprint density at radius 3 is 2.55 bits per heavy atom. The van der Waals surface area contributed by atoms with Gasteiger partial charge in [-0.25, -0.2) is 13.2 Å². The lowest BCUT2D eigenvalue weighted by molar-refractivity contribution is 0.194. The van der Waals surface area contributed by atoms with Crippen molar-refractivity contribution in [1.29, 1.82) is 0 Å². The monoisotopic (exact) mass is 442 g/mol. The molecule has 2 aliphatic heterocycles. The molecule has 2 aliphatic rings. The summed E-state index contributed by atoms with van der Waals surface area (Å²) in [5, 5.41) is 3.05. The molecule has 0 radical (unpaired) electrons. The summed E-state index contributed by atoms with van der Waals surface area (Å²) in [7, 11) is -3.32. The summed E-state index contributed by atoms with van der Waals surface area (Å²) in [4.78, 5) is 17.4. The predicted molar refractivity (Wildman–Crippen MR) is 124 cm³/mol. The van der Waals surface area contributed by atoms with E-state index in [1.807, 2.05) is 17.0 Å². The SMILES string of the molecule is CC1CCN(Cc2ccccc2)CCN1C(=O)Nc1cccc2c1CCN2S(C)(=O)=O. The lowest BCUT2D eigenvalue weighted by Crippen LogP contribution is -2.42. The van der Waals surface area contributed by atoms with Crippen molar-refractivity contribution in [2.45, 2.75) is 32.4 Å². The Bertz CT molecular complexity index is 1040. The number of fused-ring (bicyclic) bond motifs is 1. The zero-order valence-corrected chi connectivity index (χ0v) is 18.9. The van der Waals surface area contributed by atoms with Crippen molar-refractivity contribution in [3.05, 3.63) is 59.7 Å². The van der Waals surface area contributed by atoms with Gasteiger partial charge in [0.2, 0.25) is 10.0 Å². The Balaban J connectivity index is 1.44. The zero-order valence-electron chi connectivity index (χ0n) is 18.1. The van der Waals surface area contributed by atoms with Gasteiger partial charge in [0, 0.05) is 50.0 Å². The van der Waals surface area contributed by atoms with Crippen LogP contribution in [0.15, 0.2) is 48.5 Å². The van der Waals surface area contributed by atoms with E-state index < -0.39 is 10.0 Å². The molecule has 2 aromatic carbocycles. The summed E-state index contributed by atoms with van der Waals surface area (Å²) >= 11 is 0. The molecule has 31 heavy (non-hydrogen) atoms. The number of nitrogens with one attached hydrogen (secondary N) is 1. The van der Waals surface area contributed by atoms with Crippen LogP contribution >= 0.6 is 0 Å². The highest BCUT2D eigenvalue weighted by Gasteiger charge is 2.30. The first-order chi connectivity index (χ1) is 14.8. The van der Waals surface area contributed by atoms with Crippen LogP contribution < -0.4 is 9.62 Å². The molecule has 2 heterocycles. The van der Waals surface area contributed by atoms with E-state index in [4.69, 9.17) is 0 Å². The lowest BCUT2D eigenvalue weighted by Gasteiger charge is -2.27. The maximum Gasteiger partial charge on any atom is 0.322 e. The second kappa shape index (κ2) is 8.88. The van der Waals surface area contributed by atoms with Crippen LogP contribution in [0.1, 0.15) is 24.5 Å². The Kier molecular flexibility index (Phi) is 6.20. The zero-order chi connectivity index (χ0) is 22.0. The number of hydrogen-bond acceptors (Lipinski definition) is 4. The minimum Gasteiger partial charge on any atom is -0.320 e. The number of urea groups is 1. The number of anilines is 2. The number of hydrogen-bond donors (Lipinski definition) is 1. The summed E-state index contributed by atoms with van der Waals surface area (Å²) in [6, 6.07) is 15.9. The predicted octanol–water partition coefficient (Wildman–Crippen LogP) is 3.14. The van der Waals surface area contributed by atoms with Gasteiger partial charge >= 0.3 is 6.03 Å². The van der Waals surface area contributed by atoms with Crippen LogP contribution in [0.3, 0.4) is 0 Å². The topological polar surface area (TPSA) is 73.0 Å². The van der Waals surface area contributed by atoms with Gasteiger partial charge in [-0.05, 0) is 37.5 Å². The van der Waals surface area contributed by atoms with E-state index in [9.17, 15) is 13.2 Å². The van der Waals surface area contributed by atoms with Crippen LogP contribution in [-0.2, 0) is 23.0 Å². The van der Waals surface area contributed by atoms with Crippen molar-refractivity contribution in [1.82, 2.24) is 9.80 Å². The molecule has 1 fully saturated rings. The third kappa shape index (κ3) is 4.85. The molecule has 8 heteroatoms. The minimum absolute atomic E-state index is 0.125. The quantitative estimate of drug-likeness (QED) is 0.790. The number of carbonyl (C=O) groups is 1. The number of benzene rings is 2. The van der Waals surface area contributed by atoms with Crippen LogP contribution in [0.5, 0.6) is 0 Å². The molecule has 166 valence electrons. The molecule has 2 amide bonds. The number of nitrogens with zero attached hydrogens (tertiary/aromatic N) is 3. The summed E-state index contributed by atoms with van der Waals surface area (Å²) in [6.45, 7) is 5.81. The summed E-state index contributed by atoms with van der Waals surface area (Å²) < 4.78 is 25.5. The van der Waals surface area contributed by atoms with Crippen molar-refractivity contribution in [3.63, 3.8) is 0 Å². The number of amides is 2. The third-order valence-electron chi connectivity index (χ3n) is 6.19. The van der Waals surface area contributed by atoms with E-state index in [0.29, 0.717) is 30.9 Å². The molecular formula is C23H30N4O3S. The minimum atomic E-state index is -3.32. The molecule has 0 spiro atoms. The second-order valence-corrected chi connectivity index (χ2v) is 10.3. The van der Waals surface area contributed by atoms with Gasteiger partial charge in [0.05, 0.1) is 11.9 Å². The number of carbonyl (C=O) groups excluding carboxylic acids is 1. The van der Waals surface area contributed by atoms with E-state index in [1.165, 1.54) is 16.1 Å². The lowest BCUT2D eigenvalue weighted by atomic mass is 10.1. The van der Waals surface area contributed by atoms with E-state index in [-0.39, 0.29) is 12.1 Å². The van der Waals surface area contributed by atoms with Crippen LogP contribution in [-0.4, -0.2) is 62.7 Å². The van der Waals surface area contributed by atoms with Crippen LogP contribution in [0.4, 0.5) is 16.2 Å². The van der Waals surface area contributed by atoms with E-state index >= 15 is 0 Å². The van der Waals surface area contributed by atoms with Gasteiger partial charge in [-0.1, -0.05) is 36.4 Å². The third-order valence-corrected chi connectivity index (χ3v) is 7.37. The average Bonchev–Trinajstić information content (AvgIpc) is 3.10. The number of rotatable bonds is 4. The molecule has 2 aromatic rings. The fraction of sp³-hybridized carbons (Fsp3) is 0.435. The van der Waals surface area contributed by atoms with E-state index in [2.05, 4.69) is 41.4 Å². The first kappa shape index (κ1) is 21.6. The Morgan fingerprint density at radius 2 is 1.81 bits per heavy atom. The van der Waals surface area contributed by atoms with Gasteiger partial charge in [-0.15, -0.1) is 0 Å². The molecule has 0 aromatic heterocycles. The smallest absolute Gasteiger partial charge is 0.320 e. The van der Waals surface area contributed by atoms with Crippen LogP contribution in [0, 0.1) is 0 Å². The fourth-order valence-electron chi connectivity index (χ4n) is 4.46. The summed E-state index contributed by atoms with van der Waals surface area (Å²) in [5.74, 6) is 0. The van der Waals surface area contributed by atoms with Gasteiger partial charge in [0.25, 0.3) is 0 Å². The molecule has 0 saturated carbocycles. The molecule has 0 bridgehead atoms. The van der Waals surface area contributed by atoms with Crippen molar-refractivity contribution < 1.29 is 13.2 Å². The van der Waals surface area contributed by atoms with Gasteiger partial charge in [-0.2, -0.15) is 0 Å². The molecule has 1 N–H and O–H groups in total. The number of sulfonamides is 1. The van der Waals surface area contributed by atoms with Gasteiger partial charge < -0.3 is 10.2 Å². The van der Waals surface area contributed by atoms with Gasteiger partial charge in [0.15, 0.2) is 0 Å². The molecule has 1 unspecified atom stereocenters. The van der Waals surface area contributed by atoms with Crippen LogP contribution in [0.2, 0.25) is 0 Å². The Morgan fingerprint density at radius 1 is 1.03 bits per heavy atom. The molecule has 1 atom stereocenters. The standard InChI is InChI=1S/C23H30N4O3S/c1-18-11-13-25(17-19-7-4-3-5-8-19)15-16-26(18)23(28)24-21-9-6-10-22-20(21)12-14-27(22)31(2,29)30/h3-10,18H,11-17H2,1-2H3,(H,24,28). The maximum atomic E-state index is 13.1. The fourth-order valence-corrected chi connectivity index (χ4v) is 5.41. The maximum absolute atomic E-state index is 13.1. The van der Waals surface area contributed by atoms with E-state index in [0.717, 1.165) is 31.6 Å². The van der Waals surface area contributed by atoms with Crippen molar-refractivity contribution >= 4 is 27.4 Å². The van der Waals surface area contributed by atoms with Crippen molar-refractivity contribution in [3.8, 4) is 0 Å². The Labute approximate surface area is 184 Å². The molecule has 4 rings (SSSR count). The Hall–Kier alpha value is -2.58. The highest BCUT2D eigenvalue weighted by Crippen LogP contribution is 2.35. The summed E-state index contributed by atoms with van der Waals surface area (Å²) in [6.07, 6.45) is 2.72. The van der Waals surface area contributed by atoms with Crippen molar-refractivity contribution in [2.75, 3.05) is 42.1 Å². The summed E-state index contributed by atoms with van der Waals surface area (Å²) in [5.41, 5.74) is 3.53. The first-order valence-corrected chi connectivity index (χ1v) is 12.6. The average molecular weight is 443 g/mol. The molecular weight excluding hydrogens is 412 g/mol. The van der Waals surface area contributed by atoms with Crippen molar-refractivity contribution in [2.24, 2.45) is 0 Å². The highest BCUT2D eigenvalue weighted by atomic mass is 32.2. The molecule has 0 aliphatic carbocycles. The molecule has 7 nitrogen and oxygen atoms in total. The van der Waals surface area contributed by atoms with Crippen LogP contribution in [0.25, 0.3) is 0 Å². The molecule has 1 saturated heterocycles. The van der Waals surface area contributed by atoms with Gasteiger partial charge in [0.1, 0.15) is 0 Å². The normalized spacial score (nSPS) is 19.7. The highest BCUT2D eigenvalue weighted by molar-refractivity contribution is 7.92. The second-order valence-electron chi connectivity index (χ2n) is 8.41.